The Morgan fingerprint density at radius 1 is 0.885 bits per heavy atom. The van der Waals surface area contributed by atoms with Crippen molar-refractivity contribution in [3.8, 4) is 11.5 Å². The summed E-state index contributed by atoms with van der Waals surface area (Å²) in [6, 6.07) is 0. The Balaban J connectivity index is 2.02. The van der Waals surface area contributed by atoms with Gasteiger partial charge in [0.1, 0.15) is 5.76 Å². The molecule has 1 aromatic rings. The summed E-state index contributed by atoms with van der Waals surface area (Å²) in [6.07, 6.45) is 16.2. The number of rotatable bonds is 15. The Morgan fingerprint density at radius 3 is 1.88 bits per heavy atom. The number of unbranched alkanes of at least 4 members (excludes halogenated alkanes) is 11. The fourth-order valence-electron chi connectivity index (χ4n) is 3.18. The number of furan rings is 1. The summed E-state index contributed by atoms with van der Waals surface area (Å²) < 4.78 is 10.7. The van der Waals surface area contributed by atoms with E-state index in [-0.39, 0.29) is 17.5 Å². The quantitative estimate of drug-likeness (QED) is 0.272. The topological polar surface area (TPSA) is 59.7 Å². The Labute approximate surface area is 159 Å². The second kappa shape index (κ2) is 13.7. The molecule has 0 aliphatic heterocycles. The van der Waals surface area contributed by atoms with Crippen LogP contribution in [0.1, 0.15) is 109 Å². The molecule has 0 aliphatic rings. The summed E-state index contributed by atoms with van der Waals surface area (Å²) in [4.78, 5) is 11.9. The van der Waals surface area contributed by atoms with Gasteiger partial charge in [0.05, 0.1) is 0 Å². The third-order valence-electron chi connectivity index (χ3n) is 4.85. The summed E-state index contributed by atoms with van der Waals surface area (Å²) in [6.45, 7) is 5.82. The first-order chi connectivity index (χ1) is 12.6. The molecule has 26 heavy (non-hydrogen) atoms. The van der Waals surface area contributed by atoms with Gasteiger partial charge in [0.2, 0.25) is 11.5 Å². The van der Waals surface area contributed by atoms with Gasteiger partial charge < -0.3 is 14.3 Å². The van der Waals surface area contributed by atoms with Crippen LogP contribution in [-0.2, 0) is 11.2 Å². The summed E-state index contributed by atoms with van der Waals surface area (Å²) in [7, 11) is 0. The van der Waals surface area contributed by atoms with Crippen molar-refractivity contribution in [2.45, 2.75) is 111 Å². The molecule has 1 N–H and O–H groups in total. The van der Waals surface area contributed by atoms with E-state index in [1.54, 1.807) is 6.92 Å². The zero-order valence-electron chi connectivity index (χ0n) is 17.1. The average molecular weight is 367 g/mol. The summed E-state index contributed by atoms with van der Waals surface area (Å²) >= 11 is 0. The Kier molecular flexibility index (Phi) is 11.9. The van der Waals surface area contributed by atoms with Crippen molar-refractivity contribution in [3.05, 3.63) is 11.5 Å². The predicted molar refractivity (Wildman–Crippen MR) is 106 cm³/mol. The van der Waals surface area contributed by atoms with E-state index in [1.807, 2.05) is 6.92 Å². The molecule has 1 heterocycles. The minimum Gasteiger partial charge on any atom is -0.502 e. The first-order valence-electron chi connectivity index (χ1n) is 10.6. The van der Waals surface area contributed by atoms with Crippen LogP contribution in [0.2, 0.25) is 0 Å². The minimum absolute atomic E-state index is 0.0510. The largest absolute Gasteiger partial charge is 0.502 e. The molecule has 150 valence electrons. The van der Waals surface area contributed by atoms with Gasteiger partial charge in [-0.15, -0.1) is 0 Å². The number of aryl methyl sites for hydroxylation is 2. The number of esters is 1. The standard InChI is InChI=1S/C22H38O4/c1-4-6-7-8-9-10-11-12-13-14-15-16-17-20(23)26-22-19(5-2)25-18(3)21(22)24/h24H,4-17H2,1-3H3. The van der Waals surface area contributed by atoms with Crippen LogP contribution in [-0.4, -0.2) is 11.1 Å². The van der Waals surface area contributed by atoms with Crippen LogP contribution in [0.5, 0.6) is 11.5 Å². The molecular formula is C22H38O4. The van der Waals surface area contributed by atoms with Crippen LogP contribution in [0.3, 0.4) is 0 Å². The molecule has 0 atom stereocenters. The fraction of sp³-hybridized carbons (Fsp3) is 0.773. The van der Waals surface area contributed by atoms with Crippen LogP contribution in [0.25, 0.3) is 0 Å². The first-order valence-corrected chi connectivity index (χ1v) is 10.6. The van der Waals surface area contributed by atoms with E-state index in [0.29, 0.717) is 24.4 Å². The number of carbonyl (C=O) groups excluding carboxylic acids is 1. The predicted octanol–water partition coefficient (Wildman–Crippen LogP) is 6.85. The highest BCUT2D eigenvalue weighted by Gasteiger charge is 2.20. The van der Waals surface area contributed by atoms with Gasteiger partial charge in [-0.05, 0) is 13.3 Å². The van der Waals surface area contributed by atoms with Gasteiger partial charge >= 0.3 is 5.97 Å². The van der Waals surface area contributed by atoms with Gasteiger partial charge in [-0.2, -0.15) is 0 Å². The second-order valence-electron chi connectivity index (χ2n) is 7.23. The van der Waals surface area contributed by atoms with Crippen molar-refractivity contribution in [2.75, 3.05) is 0 Å². The molecule has 0 unspecified atom stereocenters. The monoisotopic (exact) mass is 366 g/mol. The number of hydrogen-bond donors (Lipinski definition) is 1. The maximum atomic E-state index is 11.9. The smallest absolute Gasteiger partial charge is 0.311 e. The Bertz CT molecular complexity index is 504. The maximum Gasteiger partial charge on any atom is 0.311 e. The number of aromatic hydroxyl groups is 1. The van der Waals surface area contributed by atoms with E-state index in [2.05, 4.69) is 6.92 Å². The van der Waals surface area contributed by atoms with E-state index in [4.69, 9.17) is 9.15 Å². The third-order valence-corrected chi connectivity index (χ3v) is 4.85. The zero-order chi connectivity index (χ0) is 19.2. The van der Waals surface area contributed by atoms with Crippen LogP contribution in [0.4, 0.5) is 0 Å². The van der Waals surface area contributed by atoms with Crippen molar-refractivity contribution < 1.29 is 19.1 Å². The van der Waals surface area contributed by atoms with E-state index >= 15 is 0 Å². The molecule has 0 bridgehead atoms. The Morgan fingerprint density at radius 2 is 1.38 bits per heavy atom. The SMILES string of the molecule is CCCCCCCCCCCCCCC(=O)Oc1c(CC)oc(C)c1O. The zero-order valence-corrected chi connectivity index (χ0v) is 17.1. The van der Waals surface area contributed by atoms with Crippen molar-refractivity contribution in [1.29, 1.82) is 0 Å². The molecule has 1 rings (SSSR count). The van der Waals surface area contributed by atoms with E-state index < -0.39 is 0 Å². The van der Waals surface area contributed by atoms with Gasteiger partial charge in [-0.1, -0.05) is 84.5 Å². The Hall–Kier alpha value is -1.45. The van der Waals surface area contributed by atoms with Crippen LogP contribution in [0, 0.1) is 6.92 Å². The summed E-state index contributed by atoms with van der Waals surface area (Å²) in [5, 5.41) is 9.90. The normalized spacial score (nSPS) is 11.0. The molecule has 0 fully saturated rings. The molecular weight excluding hydrogens is 328 g/mol. The van der Waals surface area contributed by atoms with E-state index in [1.165, 1.54) is 64.2 Å². The first kappa shape index (κ1) is 22.6. The molecule has 0 aliphatic carbocycles. The van der Waals surface area contributed by atoms with Gasteiger partial charge in [0, 0.05) is 12.8 Å². The molecule has 0 radical (unpaired) electrons. The number of carbonyl (C=O) groups is 1. The molecule has 1 aromatic heterocycles. The van der Waals surface area contributed by atoms with Gasteiger partial charge in [-0.25, -0.2) is 0 Å². The highest BCUT2D eigenvalue weighted by atomic mass is 16.6. The van der Waals surface area contributed by atoms with Crippen molar-refractivity contribution >= 4 is 5.97 Å². The number of hydrogen-bond acceptors (Lipinski definition) is 4. The average Bonchev–Trinajstić information content (AvgIpc) is 2.90. The van der Waals surface area contributed by atoms with E-state index in [9.17, 15) is 9.90 Å². The lowest BCUT2D eigenvalue weighted by Gasteiger charge is -2.05. The van der Waals surface area contributed by atoms with Crippen LogP contribution >= 0.6 is 0 Å². The van der Waals surface area contributed by atoms with Crippen LogP contribution in [0.15, 0.2) is 4.42 Å². The molecule has 4 heteroatoms. The van der Waals surface area contributed by atoms with Crippen molar-refractivity contribution in [3.63, 3.8) is 0 Å². The van der Waals surface area contributed by atoms with Gasteiger partial charge in [0.15, 0.2) is 5.76 Å². The third kappa shape index (κ3) is 8.77. The summed E-state index contributed by atoms with van der Waals surface area (Å²) in [5.41, 5.74) is 0. The van der Waals surface area contributed by atoms with E-state index in [0.717, 1.165) is 12.8 Å². The fourth-order valence-corrected chi connectivity index (χ4v) is 3.18. The van der Waals surface area contributed by atoms with Crippen LogP contribution < -0.4 is 4.74 Å². The molecule has 4 nitrogen and oxygen atoms in total. The molecule has 0 aromatic carbocycles. The molecule has 0 saturated heterocycles. The second-order valence-corrected chi connectivity index (χ2v) is 7.23. The van der Waals surface area contributed by atoms with Gasteiger partial charge in [-0.3, -0.25) is 4.79 Å². The lowest BCUT2D eigenvalue weighted by Crippen LogP contribution is -2.08. The minimum atomic E-state index is -0.289. The molecule has 0 spiro atoms. The molecule has 0 amide bonds. The van der Waals surface area contributed by atoms with Gasteiger partial charge in [0.25, 0.3) is 0 Å². The van der Waals surface area contributed by atoms with Crippen molar-refractivity contribution in [1.82, 2.24) is 0 Å². The lowest BCUT2D eigenvalue weighted by molar-refractivity contribution is -0.134. The summed E-state index contributed by atoms with van der Waals surface area (Å²) in [5.74, 6) is 0.791. The maximum absolute atomic E-state index is 11.9. The van der Waals surface area contributed by atoms with Crippen molar-refractivity contribution in [2.24, 2.45) is 0 Å². The lowest BCUT2D eigenvalue weighted by atomic mass is 10.0. The highest BCUT2D eigenvalue weighted by molar-refractivity contribution is 5.73. The number of ether oxygens (including phenoxy) is 1. The molecule has 0 saturated carbocycles. The highest BCUT2D eigenvalue weighted by Crippen LogP contribution is 2.37.